The lowest BCUT2D eigenvalue weighted by Crippen LogP contribution is -2.57. The number of nitrogens with one attached hydrogen (secondary N) is 1. The summed E-state index contributed by atoms with van der Waals surface area (Å²) in [6.45, 7) is 5.21. The smallest absolute Gasteiger partial charge is 0.303 e. The van der Waals surface area contributed by atoms with E-state index in [1.165, 1.54) is 29.2 Å². The number of carbonyl (C=O) groups is 3. The third kappa shape index (κ3) is 3.30. The van der Waals surface area contributed by atoms with Crippen LogP contribution < -0.4 is 5.32 Å². The van der Waals surface area contributed by atoms with Gasteiger partial charge >= 0.3 is 5.97 Å². The lowest BCUT2D eigenvalue weighted by Gasteiger charge is -2.55. The number of fused-ring (bicyclic) bond motifs is 4. The summed E-state index contributed by atoms with van der Waals surface area (Å²) in [5.41, 5.74) is 4.87. The third-order valence-corrected chi connectivity index (χ3v) is 9.34. The summed E-state index contributed by atoms with van der Waals surface area (Å²) in [7, 11) is 1.91. The van der Waals surface area contributed by atoms with E-state index in [0.29, 0.717) is 18.8 Å². The van der Waals surface area contributed by atoms with Crippen molar-refractivity contribution in [1.29, 1.82) is 0 Å². The maximum absolute atomic E-state index is 13.2. The molecular weight excluding hydrogens is 426 g/mol. The van der Waals surface area contributed by atoms with Gasteiger partial charge in [0.2, 0.25) is 0 Å². The maximum Gasteiger partial charge on any atom is 0.303 e. The van der Waals surface area contributed by atoms with Gasteiger partial charge < -0.3 is 10.1 Å². The van der Waals surface area contributed by atoms with Crippen molar-refractivity contribution in [2.24, 2.45) is 17.3 Å². The summed E-state index contributed by atoms with van der Waals surface area (Å²) in [5, 5.41) is 3.20. The van der Waals surface area contributed by atoms with Gasteiger partial charge in [0, 0.05) is 37.4 Å². The van der Waals surface area contributed by atoms with Crippen LogP contribution in [-0.4, -0.2) is 30.2 Å². The molecule has 1 aromatic rings. The largest absolute Gasteiger partial charge is 0.451 e. The lowest BCUT2D eigenvalue weighted by molar-refractivity contribution is -0.182. The first-order chi connectivity index (χ1) is 16.2. The average molecular weight is 462 g/mol. The fraction of sp³-hybridized carbons (Fsp3) is 0.552. The van der Waals surface area contributed by atoms with Crippen molar-refractivity contribution in [3.63, 3.8) is 0 Å². The molecule has 4 aliphatic rings. The molecule has 0 amide bonds. The van der Waals surface area contributed by atoms with E-state index in [9.17, 15) is 14.4 Å². The summed E-state index contributed by atoms with van der Waals surface area (Å²) in [6, 6.07) is 8.58. The van der Waals surface area contributed by atoms with Crippen LogP contribution in [0.3, 0.4) is 0 Å². The molecule has 4 aliphatic carbocycles. The number of ether oxygens (including phenoxy) is 1. The second-order valence-electron chi connectivity index (χ2n) is 10.9. The molecule has 0 heterocycles. The van der Waals surface area contributed by atoms with Crippen molar-refractivity contribution in [2.75, 3.05) is 12.4 Å². The molecule has 2 unspecified atom stereocenters. The van der Waals surface area contributed by atoms with Crippen LogP contribution in [0.5, 0.6) is 0 Å². The van der Waals surface area contributed by atoms with E-state index >= 15 is 0 Å². The molecule has 1 aromatic carbocycles. The van der Waals surface area contributed by atoms with E-state index in [2.05, 4.69) is 36.5 Å². The minimum absolute atomic E-state index is 0.0345. The van der Waals surface area contributed by atoms with Gasteiger partial charge in [-0.1, -0.05) is 24.6 Å². The Labute approximate surface area is 202 Å². The number of benzene rings is 1. The Hall–Kier alpha value is -2.69. The second kappa shape index (κ2) is 8.21. The van der Waals surface area contributed by atoms with Crippen LogP contribution in [0, 0.1) is 17.3 Å². The quantitative estimate of drug-likeness (QED) is 0.598. The van der Waals surface area contributed by atoms with Crippen LogP contribution in [0.25, 0.3) is 0 Å². The fourth-order valence-electron chi connectivity index (χ4n) is 7.89. The number of allylic oxidation sites excluding steroid dienone is 4. The van der Waals surface area contributed by atoms with Gasteiger partial charge in [0.05, 0.1) is 0 Å². The molecule has 2 saturated carbocycles. The topological polar surface area (TPSA) is 72.5 Å². The number of hydrogen-bond donors (Lipinski definition) is 1. The summed E-state index contributed by atoms with van der Waals surface area (Å²) in [4.78, 5) is 37.6. The predicted molar refractivity (Wildman–Crippen MR) is 131 cm³/mol. The highest BCUT2D eigenvalue weighted by atomic mass is 16.6. The number of esters is 1. The number of Topliss-reactive ketones (excluding diaryl/α,β-unsaturated/α-hetero) is 1. The molecule has 0 saturated heterocycles. The number of carbonyl (C=O) groups excluding carboxylic acids is 3. The van der Waals surface area contributed by atoms with Gasteiger partial charge in [0.15, 0.2) is 17.2 Å². The summed E-state index contributed by atoms with van der Waals surface area (Å²) in [6.07, 6.45) is 7.40. The van der Waals surface area contributed by atoms with Gasteiger partial charge in [-0.2, -0.15) is 0 Å². The SMILES string of the molecule is CNc1ccc(C2C[C@@]3(C)[C@@H](CC[C@]3(OC(C)=O)C(C)=O)C3CCC4=CC(=O)CCC4=C23)cc1. The molecule has 0 radical (unpaired) electrons. The molecule has 5 rings (SSSR count). The molecule has 180 valence electrons. The Morgan fingerprint density at radius 2 is 1.79 bits per heavy atom. The van der Waals surface area contributed by atoms with Crippen molar-refractivity contribution in [2.45, 2.75) is 77.2 Å². The number of hydrogen-bond acceptors (Lipinski definition) is 5. The Morgan fingerprint density at radius 1 is 1.06 bits per heavy atom. The Balaban J connectivity index is 1.69. The first-order valence-electron chi connectivity index (χ1n) is 12.6. The first-order valence-corrected chi connectivity index (χ1v) is 12.6. The summed E-state index contributed by atoms with van der Waals surface area (Å²) >= 11 is 0. The monoisotopic (exact) mass is 461 g/mol. The molecule has 2 fully saturated rings. The highest BCUT2D eigenvalue weighted by Gasteiger charge is 2.67. The molecule has 5 atom stereocenters. The van der Waals surface area contributed by atoms with Crippen LogP contribution in [0.15, 0.2) is 47.1 Å². The minimum atomic E-state index is -1.07. The van der Waals surface area contributed by atoms with Crippen molar-refractivity contribution in [3.05, 3.63) is 52.6 Å². The predicted octanol–water partition coefficient (Wildman–Crippen LogP) is 5.52. The zero-order chi connectivity index (χ0) is 24.3. The standard InChI is InChI=1S/C29H35NO4/c1-17(31)29(34-18(2)32)14-13-26-24-11-7-20-15-22(33)10-12-23(20)27(24)25(16-28(26,29)3)19-5-8-21(30-4)9-6-19/h5-6,8-9,15,24-26,30H,7,10-14,16H2,1-4H3/t24?,25?,26-,28-,29-/m0/s1. The highest BCUT2D eigenvalue weighted by molar-refractivity contribution is 5.93. The second-order valence-corrected chi connectivity index (χ2v) is 10.9. The van der Waals surface area contributed by atoms with Gasteiger partial charge in [-0.3, -0.25) is 14.4 Å². The Bertz CT molecular complexity index is 1110. The Morgan fingerprint density at radius 3 is 2.44 bits per heavy atom. The summed E-state index contributed by atoms with van der Waals surface area (Å²) < 4.78 is 5.98. The lowest BCUT2D eigenvalue weighted by atomic mass is 9.50. The van der Waals surface area contributed by atoms with Gasteiger partial charge in [-0.15, -0.1) is 0 Å². The Kier molecular flexibility index (Phi) is 5.57. The normalized spacial score (nSPS) is 34.5. The van der Waals surface area contributed by atoms with Crippen molar-refractivity contribution in [3.8, 4) is 0 Å². The zero-order valence-electron chi connectivity index (χ0n) is 20.7. The molecule has 5 nitrogen and oxygen atoms in total. The van der Waals surface area contributed by atoms with E-state index in [4.69, 9.17) is 4.74 Å². The molecule has 1 N–H and O–H groups in total. The van der Waals surface area contributed by atoms with Crippen LogP contribution >= 0.6 is 0 Å². The highest BCUT2D eigenvalue weighted by Crippen LogP contribution is 2.67. The average Bonchev–Trinajstić information content (AvgIpc) is 3.10. The van der Waals surface area contributed by atoms with Crippen molar-refractivity contribution < 1.29 is 19.1 Å². The van der Waals surface area contributed by atoms with Gasteiger partial charge in [0.25, 0.3) is 0 Å². The molecular formula is C29H35NO4. The van der Waals surface area contributed by atoms with E-state index in [1.54, 1.807) is 6.92 Å². The molecule has 0 bridgehead atoms. The zero-order valence-corrected chi connectivity index (χ0v) is 20.7. The van der Waals surface area contributed by atoms with Crippen LogP contribution in [0.4, 0.5) is 5.69 Å². The van der Waals surface area contributed by atoms with E-state index < -0.39 is 11.0 Å². The van der Waals surface area contributed by atoms with Crippen LogP contribution in [0.1, 0.15) is 77.2 Å². The molecule has 5 heteroatoms. The van der Waals surface area contributed by atoms with Crippen molar-refractivity contribution >= 4 is 23.2 Å². The number of rotatable bonds is 4. The first kappa shape index (κ1) is 23.1. The minimum Gasteiger partial charge on any atom is -0.451 e. The summed E-state index contributed by atoms with van der Waals surface area (Å²) in [5.74, 6) is 0.579. The number of anilines is 1. The van der Waals surface area contributed by atoms with E-state index in [0.717, 1.165) is 37.8 Å². The molecule has 0 aliphatic heterocycles. The number of ketones is 2. The van der Waals surface area contributed by atoms with Gasteiger partial charge in [0.1, 0.15) is 0 Å². The molecule has 34 heavy (non-hydrogen) atoms. The van der Waals surface area contributed by atoms with E-state index in [1.807, 2.05) is 13.1 Å². The fourth-order valence-corrected chi connectivity index (χ4v) is 7.89. The van der Waals surface area contributed by atoms with Crippen LogP contribution in [-0.2, 0) is 19.1 Å². The third-order valence-electron chi connectivity index (χ3n) is 9.34. The van der Waals surface area contributed by atoms with Gasteiger partial charge in [-0.25, -0.2) is 0 Å². The maximum atomic E-state index is 13.2. The molecule has 0 aromatic heterocycles. The van der Waals surface area contributed by atoms with Crippen molar-refractivity contribution in [1.82, 2.24) is 0 Å². The van der Waals surface area contributed by atoms with Crippen LogP contribution in [0.2, 0.25) is 0 Å². The van der Waals surface area contributed by atoms with Gasteiger partial charge in [-0.05, 0) is 92.2 Å². The molecule has 0 spiro atoms. The van der Waals surface area contributed by atoms with E-state index in [-0.39, 0.29) is 29.4 Å².